The minimum absolute atomic E-state index is 0.323. The van der Waals surface area contributed by atoms with Crippen molar-refractivity contribution < 1.29 is 20.1 Å². The highest BCUT2D eigenvalue weighted by atomic mass is 32.1. The number of aliphatic hydroxyl groups is 3. The molecule has 0 spiro atoms. The normalized spacial score (nSPS) is 12.2. The van der Waals surface area contributed by atoms with Gasteiger partial charge in [0.1, 0.15) is 12.4 Å². The minimum Gasteiger partial charge on any atom is -0.489 e. The maximum atomic E-state index is 10.0. The molecule has 28 heavy (non-hydrogen) atoms. The van der Waals surface area contributed by atoms with Crippen LogP contribution in [0.4, 0.5) is 0 Å². The third-order valence-electron chi connectivity index (χ3n) is 4.60. The molecule has 0 fully saturated rings. The van der Waals surface area contributed by atoms with Crippen molar-refractivity contribution in [1.29, 1.82) is 0 Å². The first-order valence-electron chi connectivity index (χ1n) is 9.17. The SMILES string of the molecule is CCC(O)c1ccc(-c2cccc(OCc3cccc(C(O)O)c3)c2)cc1S. The summed E-state index contributed by atoms with van der Waals surface area (Å²) in [6.45, 7) is 2.26. The Morgan fingerprint density at radius 1 is 0.893 bits per heavy atom. The largest absolute Gasteiger partial charge is 0.489 e. The molecule has 0 aliphatic rings. The van der Waals surface area contributed by atoms with Crippen LogP contribution in [-0.2, 0) is 6.61 Å². The first-order valence-corrected chi connectivity index (χ1v) is 9.62. The fraction of sp³-hybridized carbons (Fsp3) is 0.217. The molecule has 0 heterocycles. The van der Waals surface area contributed by atoms with Crippen LogP contribution in [0.25, 0.3) is 11.1 Å². The van der Waals surface area contributed by atoms with Crippen LogP contribution < -0.4 is 4.74 Å². The molecule has 5 heteroatoms. The average molecular weight is 397 g/mol. The number of ether oxygens (including phenoxy) is 1. The maximum Gasteiger partial charge on any atom is 0.178 e. The summed E-state index contributed by atoms with van der Waals surface area (Å²) < 4.78 is 5.88. The van der Waals surface area contributed by atoms with Crippen LogP contribution >= 0.6 is 12.6 Å². The Balaban J connectivity index is 1.76. The lowest BCUT2D eigenvalue weighted by Crippen LogP contribution is -1.99. The predicted molar refractivity (Wildman–Crippen MR) is 112 cm³/mol. The third-order valence-corrected chi connectivity index (χ3v) is 4.99. The molecule has 1 unspecified atom stereocenters. The number of rotatable bonds is 7. The van der Waals surface area contributed by atoms with Crippen LogP contribution in [0.5, 0.6) is 5.75 Å². The lowest BCUT2D eigenvalue weighted by atomic mass is 10.0. The van der Waals surface area contributed by atoms with Crippen LogP contribution in [0.1, 0.15) is 42.4 Å². The summed E-state index contributed by atoms with van der Waals surface area (Å²) in [4.78, 5) is 0.762. The molecule has 0 aliphatic carbocycles. The van der Waals surface area contributed by atoms with Crippen molar-refractivity contribution in [3.05, 3.63) is 83.4 Å². The monoisotopic (exact) mass is 396 g/mol. The summed E-state index contributed by atoms with van der Waals surface area (Å²) in [7, 11) is 0. The maximum absolute atomic E-state index is 10.0. The van der Waals surface area contributed by atoms with E-state index in [4.69, 9.17) is 4.74 Å². The van der Waals surface area contributed by atoms with Crippen molar-refractivity contribution in [3.63, 3.8) is 0 Å². The van der Waals surface area contributed by atoms with Gasteiger partial charge in [-0.25, -0.2) is 0 Å². The highest BCUT2D eigenvalue weighted by Gasteiger charge is 2.10. The van der Waals surface area contributed by atoms with E-state index in [9.17, 15) is 15.3 Å². The van der Waals surface area contributed by atoms with Gasteiger partial charge in [-0.3, -0.25) is 0 Å². The fourth-order valence-corrected chi connectivity index (χ4v) is 3.36. The van der Waals surface area contributed by atoms with Gasteiger partial charge >= 0.3 is 0 Å². The van der Waals surface area contributed by atoms with Crippen LogP contribution in [0.15, 0.2) is 71.6 Å². The summed E-state index contributed by atoms with van der Waals surface area (Å²) in [5, 5.41) is 28.6. The number of hydrogen-bond donors (Lipinski definition) is 4. The minimum atomic E-state index is -1.49. The van der Waals surface area contributed by atoms with Gasteiger partial charge in [-0.15, -0.1) is 12.6 Å². The molecule has 0 bridgehead atoms. The van der Waals surface area contributed by atoms with Crippen molar-refractivity contribution >= 4 is 12.6 Å². The summed E-state index contributed by atoms with van der Waals surface area (Å²) in [5.41, 5.74) is 4.10. The van der Waals surface area contributed by atoms with Crippen molar-refractivity contribution in [2.75, 3.05) is 0 Å². The molecule has 0 aromatic heterocycles. The summed E-state index contributed by atoms with van der Waals surface area (Å²) in [6, 6.07) is 20.6. The van der Waals surface area contributed by atoms with Gasteiger partial charge in [0.25, 0.3) is 0 Å². The summed E-state index contributed by atoms with van der Waals surface area (Å²) >= 11 is 4.52. The molecule has 146 valence electrons. The van der Waals surface area contributed by atoms with Gasteiger partial charge in [-0.2, -0.15) is 0 Å². The molecule has 3 aromatic carbocycles. The molecule has 0 saturated carbocycles. The van der Waals surface area contributed by atoms with E-state index in [0.717, 1.165) is 27.1 Å². The molecular formula is C23H24O4S. The molecule has 0 amide bonds. The number of thiol groups is 1. The van der Waals surface area contributed by atoms with Crippen molar-refractivity contribution in [3.8, 4) is 16.9 Å². The van der Waals surface area contributed by atoms with Gasteiger partial charge in [-0.05, 0) is 52.9 Å². The van der Waals surface area contributed by atoms with E-state index >= 15 is 0 Å². The zero-order chi connectivity index (χ0) is 20.1. The smallest absolute Gasteiger partial charge is 0.178 e. The van der Waals surface area contributed by atoms with E-state index in [1.165, 1.54) is 0 Å². The Kier molecular flexibility index (Phi) is 6.75. The zero-order valence-electron chi connectivity index (χ0n) is 15.6. The molecule has 0 radical (unpaired) electrons. The Labute approximate surface area is 170 Å². The van der Waals surface area contributed by atoms with E-state index in [1.807, 2.05) is 55.5 Å². The molecular weight excluding hydrogens is 372 g/mol. The van der Waals surface area contributed by atoms with Crippen molar-refractivity contribution in [2.24, 2.45) is 0 Å². The van der Waals surface area contributed by atoms with Crippen molar-refractivity contribution in [2.45, 2.75) is 37.2 Å². The molecule has 1 atom stereocenters. The molecule has 0 saturated heterocycles. The number of hydrogen-bond acceptors (Lipinski definition) is 5. The Bertz CT molecular complexity index is 939. The van der Waals surface area contributed by atoms with Crippen LogP contribution in [0, 0.1) is 0 Å². The van der Waals surface area contributed by atoms with E-state index in [1.54, 1.807) is 18.2 Å². The van der Waals surface area contributed by atoms with Gasteiger partial charge in [0.05, 0.1) is 6.10 Å². The van der Waals surface area contributed by atoms with E-state index < -0.39 is 12.4 Å². The Hall–Kier alpha value is -2.31. The fourth-order valence-electron chi connectivity index (χ4n) is 3.00. The molecule has 3 N–H and O–H groups in total. The van der Waals surface area contributed by atoms with Gasteiger partial charge in [0.2, 0.25) is 0 Å². The predicted octanol–water partition coefficient (Wildman–Crippen LogP) is 4.65. The van der Waals surface area contributed by atoms with E-state index in [0.29, 0.717) is 24.3 Å². The summed E-state index contributed by atoms with van der Waals surface area (Å²) in [5.74, 6) is 0.714. The summed E-state index contributed by atoms with van der Waals surface area (Å²) in [6.07, 6.45) is -1.36. The molecule has 3 rings (SSSR count). The highest BCUT2D eigenvalue weighted by Crippen LogP contribution is 2.31. The second-order valence-corrected chi connectivity index (χ2v) is 7.11. The standard InChI is InChI=1S/C23H24O4S/c1-2-21(24)20-10-9-17(13-22(20)28)16-6-4-8-19(12-16)27-14-15-5-3-7-18(11-15)23(25)26/h3-13,21,23-26,28H,2,14H2,1H3. The quantitative estimate of drug-likeness (QED) is 0.347. The Morgan fingerprint density at radius 2 is 1.64 bits per heavy atom. The number of aliphatic hydroxyl groups excluding tert-OH is 2. The van der Waals surface area contributed by atoms with Gasteiger partial charge in [0, 0.05) is 10.5 Å². The lowest BCUT2D eigenvalue weighted by molar-refractivity contribution is -0.0425. The lowest BCUT2D eigenvalue weighted by Gasteiger charge is -2.13. The first kappa shape index (κ1) is 20.4. The topological polar surface area (TPSA) is 69.9 Å². The van der Waals surface area contributed by atoms with Gasteiger partial charge in [0.15, 0.2) is 6.29 Å². The average Bonchev–Trinajstić information content (AvgIpc) is 2.72. The van der Waals surface area contributed by atoms with Gasteiger partial charge < -0.3 is 20.1 Å². The zero-order valence-corrected chi connectivity index (χ0v) is 16.5. The molecule has 4 nitrogen and oxygen atoms in total. The van der Waals surface area contributed by atoms with E-state index in [2.05, 4.69) is 12.6 Å². The van der Waals surface area contributed by atoms with Gasteiger partial charge in [-0.1, -0.05) is 49.4 Å². The first-order chi connectivity index (χ1) is 13.5. The van der Waals surface area contributed by atoms with Crippen LogP contribution in [-0.4, -0.2) is 15.3 Å². The number of benzene rings is 3. The highest BCUT2D eigenvalue weighted by molar-refractivity contribution is 7.80. The van der Waals surface area contributed by atoms with Crippen molar-refractivity contribution in [1.82, 2.24) is 0 Å². The molecule has 0 aliphatic heterocycles. The van der Waals surface area contributed by atoms with E-state index in [-0.39, 0.29) is 0 Å². The second-order valence-electron chi connectivity index (χ2n) is 6.63. The van der Waals surface area contributed by atoms with Crippen LogP contribution in [0.3, 0.4) is 0 Å². The Morgan fingerprint density at radius 3 is 2.36 bits per heavy atom. The second kappa shape index (κ2) is 9.26. The third kappa shape index (κ3) is 4.94. The molecule has 3 aromatic rings. The van der Waals surface area contributed by atoms with Crippen LogP contribution in [0.2, 0.25) is 0 Å².